The molecule has 0 spiro atoms. The van der Waals surface area contributed by atoms with Gasteiger partial charge in [-0.3, -0.25) is 4.90 Å². The van der Waals surface area contributed by atoms with Crippen LogP contribution in [0, 0.1) is 5.92 Å². The second-order valence-electron chi connectivity index (χ2n) is 11.6. The first-order valence-corrected chi connectivity index (χ1v) is 16.4. The van der Waals surface area contributed by atoms with E-state index in [1.807, 2.05) is 18.2 Å². The van der Waals surface area contributed by atoms with E-state index in [-0.39, 0.29) is 0 Å². The molecule has 1 aromatic heterocycles. The second kappa shape index (κ2) is 13.7. The number of benzene rings is 2. The number of aromatic nitrogens is 2. The van der Waals surface area contributed by atoms with Crippen LogP contribution in [0.2, 0.25) is 5.02 Å². The van der Waals surface area contributed by atoms with Gasteiger partial charge in [-0.1, -0.05) is 37.6 Å². The molecule has 3 fully saturated rings. The number of halogens is 1. The zero-order valence-electron chi connectivity index (χ0n) is 24.5. The molecule has 3 aliphatic rings. The molecule has 10 heteroatoms. The van der Waals surface area contributed by atoms with Crippen molar-refractivity contribution in [1.82, 2.24) is 14.9 Å². The Morgan fingerprint density at radius 3 is 2.55 bits per heavy atom. The molecular formula is C32H41ClN6O2S. The lowest BCUT2D eigenvalue weighted by Gasteiger charge is -2.41. The standard InChI is InChI=1S/C32H41ClN6O2S/c1-22(2)42-30-6-4-3-5-28(30)35-31-26(33)20-34-32(37-31)36-27-10-9-25(19-29(27)41-21-23-7-8-23)38-13-11-24(12-14-38)39-15-17-40-18-16-39/h3-6,9-10,19-20,22-24H,7-8,11-18,21H2,1-2H3,(H2,34,35,36,37). The van der Waals surface area contributed by atoms with Gasteiger partial charge in [0.2, 0.25) is 5.95 Å². The Hall–Kier alpha value is -2.72. The summed E-state index contributed by atoms with van der Waals surface area (Å²) < 4.78 is 11.9. The van der Waals surface area contributed by atoms with Gasteiger partial charge in [0, 0.05) is 54.1 Å². The van der Waals surface area contributed by atoms with Gasteiger partial charge in [0.1, 0.15) is 10.8 Å². The molecule has 0 atom stereocenters. The van der Waals surface area contributed by atoms with Crippen LogP contribution in [-0.4, -0.2) is 72.2 Å². The van der Waals surface area contributed by atoms with Gasteiger partial charge in [0.25, 0.3) is 0 Å². The van der Waals surface area contributed by atoms with Crippen LogP contribution in [0.4, 0.5) is 28.8 Å². The first-order valence-electron chi connectivity index (χ1n) is 15.2. The van der Waals surface area contributed by atoms with Crippen LogP contribution in [-0.2, 0) is 4.74 Å². The molecule has 0 radical (unpaired) electrons. The van der Waals surface area contributed by atoms with E-state index in [1.54, 1.807) is 18.0 Å². The van der Waals surface area contributed by atoms with Crippen molar-refractivity contribution < 1.29 is 9.47 Å². The van der Waals surface area contributed by atoms with Crippen molar-refractivity contribution in [3.05, 3.63) is 53.7 Å². The number of anilines is 5. The third kappa shape index (κ3) is 7.61. The molecule has 0 bridgehead atoms. The quantitative estimate of drug-likeness (QED) is 0.220. The fourth-order valence-electron chi connectivity index (χ4n) is 5.54. The van der Waals surface area contributed by atoms with Gasteiger partial charge in [-0.15, -0.1) is 11.8 Å². The number of nitrogens with zero attached hydrogens (tertiary/aromatic N) is 4. The highest BCUT2D eigenvalue weighted by molar-refractivity contribution is 8.00. The van der Waals surface area contributed by atoms with Crippen LogP contribution >= 0.6 is 23.4 Å². The Labute approximate surface area is 258 Å². The van der Waals surface area contributed by atoms with Crippen molar-refractivity contribution in [2.45, 2.75) is 55.7 Å². The van der Waals surface area contributed by atoms with Gasteiger partial charge in [-0.25, -0.2) is 4.98 Å². The minimum Gasteiger partial charge on any atom is -0.491 e. The summed E-state index contributed by atoms with van der Waals surface area (Å²) in [6.07, 6.45) is 6.46. The van der Waals surface area contributed by atoms with E-state index in [2.05, 4.69) is 63.5 Å². The normalized spacial score (nSPS) is 18.3. The van der Waals surface area contributed by atoms with Gasteiger partial charge in [-0.05, 0) is 55.9 Å². The van der Waals surface area contributed by atoms with Crippen molar-refractivity contribution >= 4 is 52.2 Å². The summed E-state index contributed by atoms with van der Waals surface area (Å²) in [6, 6.07) is 15.3. The van der Waals surface area contributed by atoms with E-state index in [0.717, 1.165) is 68.0 Å². The molecule has 0 amide bonds. The number of ether oxygens (including phenoxy) is 2. The van der Waals surface area contributed by atoms with E-state index in [9.17, 15) is 0 Å². The van der Waals surface area contributed by atoms with Crippen molar-refractivity contribution in [2.24, 2.45) is 5.92 Å². The Morgan fingerprint density at radius 2 is 1.79 bits per heavy atom. The molecule has 6 rings (SSSR count). The molecule has 224 valence electrons. The summed E-state index contributed by atoms with van der Waals surface area (Å²) >= 11 is 8.33. The Bertz CT molecular complexity index is 1340. The first-order chi connectivity index (χ1) is 20.5. The summed E-state index contributed by atoms with van der Waals surface area (Å²) in [6.45, 7) is 11.0. The number of piperidine rings is 1. The topological polar surface area (TPSA) is 74.8 Å². The lowest BCUT2D eigenvalue weighted by molar-refractivity contribution is 0.0115. The number of morpholine rings is 1. The highest BCUT2D eigenvalue weighted by Gasteiger charge is 2.27. The monoisotopic (exact) mass is 608 g/mol. The average molecular weight is 609 g/mol. The van der Waals surface area contributed by atoms with Gasteiger partial charge < -0.3 is 25.0 Å². The largest absolute Gasteiger partial charge is 0.491 e. The van der Waals surface area contributed by atoms with Gasteiger partial charge in [-0.2, -0.15) is 4.98 Å². The molecule has 3 aromatic rings. The zero-order chi connectivity index (χ0) is 28.9. The molecule has 3 heterocycles. The van der Waals surface area contributed by atoms with Crippen molar-refractivity contribution in [3.8, 4) is 5.75 Å². The predicted molar refractivity (Wildman–Crippen MR) is 173 cm³/mol. The van der Waals surface area contributed by atoms with Gasteiger partial charge in [0.15, 0.2) is 5.82 Å². The molecule has 2 N–H and O–H groups in total. The maximum atomic E-state index is 6.54. The third-order valence-corrected chi connectivity index (χ3v) is 9.38. The molecule has 2 aliphatic heterocycles. The summed E-state index contributed by atoms with van der Waals surface area (Å²) in [5.74, 6) is 2.51. The molecule has 8 nitrogen and oxygen atoms in total. The van der Waals surface area contributed by atoms with Crippen LogP contribution in [0.3, 0.4) is 0 Å². The van der Waals surface area contributed by atoms with Gasteiger partial charge in [0.05, 0.1) is 37.4 Å². The number of rotatable bonds is 11. The smallest absolute Gasteiger partial charge is 0.229 e. The summed E-state index contributed by atoms with van der Waals surface area (Å²) in [7, 11) is 0. The maximum Gasteiger partial charge on any atom is 0.229 e. The maximum absolute atomic E-state index is 6.54. The van der Waals surface area contributed by atoms with Crippen LogP contribution < -0.4 is 20.3 Å². The molecule has 1 saturated carbocycles. The lowest BCUT2D eigenvalue weighted by atomic mass is 10.0. The zero-order valence-corrected chi connectivity index (χ0v) is 26.1. The number of hydrogen-bond donors (Lipinski definition) is 2. The first kappa shape index (κ1) is 29.4. The molecule has 2 aromatic carbocycles. The van der Waals surface area contributed by atoms with E-state index >= 15 is 0 Å². The van der Waals surface area contributed by atoms with Crippen LogP contribution in [0.25, 0.3) is 0 Å². The highest BCUT2D eigenvalue weighted by Crippen LogP contribution is 2.37. The van der Waals surface area contributed by atoms with Crippen LogP contribution in [0.5, 0.6) is 5.75 Å². The number of thioether (sulfide) groups is 1. The number of nitrogens with one attached hydrogen (secondary N) is 2. The SMILES string of the molecule is CC(C)Sc1ccccc1Nc1nc(Nc2ccc(N3CCC(N4CCOCC4)CC3)cc2OCC2CC2)ncc1Cl. The molecular weight excluding hydrogens is 568 g/mol. The highest BCUT2D eigenvalue weighted by atomic mass is 35.5. The number of hydrogen-bond acceptors (Lipinski definition) is 9. The Balaban J connectivity index is 1.17. The Kier molecular flexibility index (Phi) is 9.59. The van der Waals surface area contributed by atoms with Crippen molar-refractivity contribution in [2.75, 3.05) is 61.5 Å². The summed E-state index contributed by atoms with van der Waals surface area (Å²) in [4.78, 5) is 15.5. The molecule has 1 aliphatic carbocycles. The van der Waals surface area contributed by atoms with Crippen LogP contribution in [0.1, 0.15) is 39.5 Å². The third-order valence-electron chi connectivity index (χ3n) is 8.02. The van der Waals surface area contributed by atoms with E-state index in [1.165, 1.54) is 31.4 Å². The fourth-order valence-corrected chi connectivity index (χ4v) is 6.59. The molecule has 0 unspecified atom stereocenters. The summed E-state index contributed by atoms with van der Waals surface area (Å²) in [5.41, 5.74) is 3.02. The Morgan fingerprint density at radius 1 is 1.00 bits per heavy atom. The minimum absolute atomic E-state index is 0.458. The summed E-state index contributed by atoms with van der Waals surface area (Å²) in [5, 5.41) is 7.75. The van der Waals surface area contributed by atoms with E-state index in [0.29, 0.717) is 34.0 Å². The molecule has 2 saturated heterocycles. The van der Waals surface area contributed by atoms with Crippen molar-refractivity contribution in [1.29, 1.82) is 0 Å². The fraction of sp³-hybridized carbons (Fsp3) is 0.500. The van der Waals surface area contributed by atoms with Crippen LogP contribution in [0.15, 0.2) is 53.6 Å². The number of para-hydroxylation sites is 1. The predicted octanol–water partition coefficient (Wildman–Crippen LogP) is 7.21. The van der Waals surface area contributed by atoms with Crippen molar-refractivity contribution in [3.63, 3.8) is 0 Å². The average Bonchev–Trinajstić information content (AvgIpc) is 3.84. The van der Waals surface area contributed by atoms with Gasteiger partial charge >= 0.3 is 0 Å². The lowest BCUT2D eigenvalue weighted by Crippen LogP contribution is -2.49. The minimum atomic E-state index is 0.458. The second-order valence-corrected chi connectivity index (χ2v) is 13.6. The van der Waals surface area contributed by atoms with E-state index in [4.69, 9.17) is 26.1 Å². The molecule has 42 heavy (non-hydrogen) atoms. The van der Waals surface area contributed by atoms with E-state index < -0.39 is 0 Å².